The van der Waals surface area contributed by atoms with Crippen LogP contribution >= 0.6 is 0 Å². The monoisotopic (exact) mass is 401 g/mol. The topological polar surface area (TPSA) is 106 Å². The summed E-state index contributed by atoms with van der Waals surface area (Å²) >= 11 is 0. The van der Waals surface area contributed by atoms with Crippen LogP contribution in [-0.4, -0.2) is 62.1 Å². The van der Waals surface area contributed by atoms with Crippen molar-refractivity contribution in [2.24, 2.45) is 5.10 Å². The highest BCUT2D eigenvalue weighted by molar-refractivity contribution is 5.79. The van der Waals surface area contributed by atoms with Gasteiger partial charge >= 0.3 is 0 Å². The quantitative estimate of drug-likeness (QED) is 0.399. The second kappa shape index (κ2) is 8.21. The van der Waals surface area contributed by atoms with E-state index in [1.807, 2.05) is 30.3 Å². The van der Waals surface area contributed by atoms with Crippen LogP contribution in [0.2, 0.25) is 0 Å². The number of anilines is 2. The summed E-state index contributed by atoms with van der Waals surface area (Å²) in [5, 5.41) is 8.97. The van der Waals surface area contributed by atoms with Gasteiger partial charge in [-0.05, 0) is 18.2 Å². The van der Waals surface area contributed by atoms with Crippen molar-refractivity contribution in [1.29, 1.82) is 0 Å². The summed E-state index contributed by atoms with van der Waals surface area (Å²) in [7, 11) is 0. The molecule has 0 bridgehead atoms. The van der Waals surface area contributed by atoms with E-state index >= 15 is 0 Å². The Morgan fingerprint density at radius 3 is 2.70 bits per heavy atom. The van der Waals surface area contributed by atoms with Crippen molar-refractivity contribution < 1.29 is 4.74 Å². The molecule has 10 heteroatoms. The molecule has 5 heterocycles. The first-order valence-corrected chi connectivity index (χ1v) is 9.57. The van der Waals surface area contributed by atoms with Crippen molar-refractivity contribution in [3.8, 4) is 11.4 Å². The summed E-state index contributed by atoms with van der Waals surface area (Å²) < 4.78 is 7.26. The Morgan fingerprint density at radius 1 is 1.03 bits per heavy atom. The Morgan fingerprint density at radius 2 is 1.90 bits per heavy atom. The fraction of sp³-hybridized carbons (Fsp3) is 0.200. The molecular formula is C20H19N9O. The molecule has 0 saturated carbocycles. The molecule has 1 N–H and O–H groups in total. The third-order valence-corrected chi connectivity index (χ3v) is 4.64. The van der Waals surface area contributed by atoms with Crippen LogP contribution < -0.4 is 10.3 Å². The number of hydrogen-bond donors (Lipinski definition) is 1. The zero-order chi connectivity index (χ0) is 20.2. The van der Waals surface area contributed by atoms with Gasteiger partial charge in [0.1, 0.15) is 5.82 Å². The molecule has 0 aromatic carbocycles. The van der Waals surface area contributed by atoms with Gasteiger partial charge < -0.3 is 9.64 Å². The van der Waals surface area contributed by atoms with Gasteiger partial charge in [-0.3, -0.25) is 15.4 Å². The van der Waals surface area contributed by atoms with Gasteiger partial charge in [-0.25, -0.2) is 0 Å². The number of hydrogen-bond acceptors (Lipinski definition) is 9. The standard InChI is InChI=1S/C20H19N9O/c1-2-15(13-22-5-1)14-23-26-17-12-18(28-8-10-30-11-9-28)29-20(24-17)25-19(27-29)16-3-6-21-7-4-16/h1-7,12-14H,8-11H2,(H,24,25,26,27)/b23-14+. The predicted octanol–water partition coefficient (Wildman–Crippen LogP) is 1.86. The summed E-state index contributed by atoms with van der Waals surface area (Å²) in [5.41, 5.74) is 4.77. The van der Waals surface area contributed by atoms with Gasteiger partial charge in [0.05, 0.1) is 19.4 Å². The minimum Gasteiger partial charge on any atom is -0.378 e. The van der Waals surface area contributed by atoms with E-state index in [9.17, 15) is 0 Å². The maximum absolute atomic E-state index is 5.50. The van der Waals surface area contributed by atoms with E-state index in [0.717, 1.165) is 30.0 Å². The number of aromatic nitrogens is 6. The van der Waals surface area contributed by atoms with E-state index in [1.54, 1.807) is 35.5 Å². The molecule has 0 unspecified atom stereocenters. The van der Waals surface area contributed by atoms with Gasteiger partial charge in [0.25, 0.3) is 5.78 Å². The maximum Gasteiger partial charge on any atom is 0.256 e. The number of rotatable bonds is 5. The van der Waals surface area contributed by atoms with Crippen LogP contribution in [0.25, 0.3) is 17.2 Å². The van der Waals surface area contributed by atoms with Crippen LogP contribution in [0.3, 0.4) is 0 Å². The van der Waals surface area contributed by atoms with E-state index in [0.29, 0.717) is 30.6 Å². The second-order valence-corrected chi connectivity index (χ2v) is 6.64. The van der Waals surface area contributed by atoms with Crippen molar-refractivity contribution in [2.75, 3.05) is 36.6 Å². The molecule has 30 heavy (non-hydrogen) atoms. The lowest BCUT2D eigenvalue weighted by Gasteiger charge is -2.28. The first-order chi connectivity index (χ1) is 14.9. The molecule has 1 saturated heterocycles. The van der Waals surface area contributed by atoms with Gasteiger partial charge in [-0.2, -0.15) is 19.6 Å². The molecule has 1 fully saturated rings. The Kier molecular flexibility index (Phi) is 4.96. The van der Waals surface area contributed by atoms with Crippen molar-refractivity contribution in [3.63, 3.8) is 0 Å². The van der Waals surface area contributed by atoms with Crippen LogP contribution in [0.15, 0.2) is 60.2 Å². The van der Waals surface area contributed by atoms with Gasteiger partial charge in [-0.1, -0.05) is 6.07 Å². The van der Waals surface area contributed by atoms with E-state index in [4.69, 9.17) is 4.74 Å². The molecule has 0 radical (unpaired) electrons. The smallest absolute Gasteiger partial charge is 0.256 e. The van der Waals surface area contributed by atoms with E-state index in [-0.39, 0.29) is 0 Å². The zero-order valence-corrected chi connectivity index (χ0v) is 16.1. The average Bonchev–Trinajstić information content (AvgIpc) is 3.25. The fourth-order valence-corrected chi connectivity index (χ4v) is 3.18. The highest BCUT2D eigenvalue weighted by Gasteiger charge is 2.19. The van der Waals surface area contributed by atoms with Crippen molar-refractivity contribution in [1.82, 2.24) is 29.5 Å². The molecular weight excluding hydrogens is 382 g/mol. The lowest BCUT2D eigenvalue weighted by molar-refractivity contribution is 0.122. The Bertz CT molecular complexity index is 1160. The second-order valence-electron chi connectivity index (χ2n) is 6.64. The zero-order valence-electron chi connectivity index (χ0n) is 16.1. The van der Waals surface area contributed by atoms with Gasteiger partial charge in [-0.15, -0.1) is 5.10 Å². The SMILES string of the molecule is C(=N\Nc1cc(N2CCOCC2)n2nc(-c3ccncc3)nc2n1)/c1cccnc1. The summed E-state index contributed by atoms with van der Waals surface area (Å²) in [5.74, 6) is 2.55. The largest absolute Gasteiger partial charge is 0.378 e. The third kappa shape index (κ3) is 3.80. The minimum atomic E-state index is 0.491. The highest BCUT2D eigenvalue weighted by atomic mass is 16.5. The molecule has 5 rings (SSSR count). The molecule has 0 atom stereocenters. The number of hydrazone groups is 1. The number of fused-ring (bicyclic) bond motifs is 1. The van der Waals surface area contributed by atoms with Crippen LogP contribution in [0.4, 0.5) is 11.6 Å². The highest BCUT2D eigenvalue weighted by Crippen LogP contribution is 2.23. The minimum absolute atomic E-state index is 0.491. The summed E-state index contributed by atoms with van der Waals surface area (Å²) in [6, 6.07) is 9.46. The first kappa shape index (κ1) is 18.1. The van der Waals surface area contributed by atoms with E-state index in [1.165, 1.54) is 0 Å². The van der Waals surface area contributed by atoms with Crippen LogP contribution in [0, 0.1) is 0 Å². The van der Waals surface area contributed by atoms with Crippen molar-refractivity contribution in [2.45, 2.75) is 0 Å². The van der Waals surface area contributed by atoms with E-state index in [2.05, 4.69) is 40.5 Å². The van der Waals surface area contributed by atoms with Gasteiger partial charge in [0.15, 0.2) is 11.6 Å². The Balaban J connectivity index is 1.52. The maximum atomic E-state index is 5.50. The number of morpholine rings is 1. The normalized spacial score (nSPS) is 14.5. The number of nitrogens with one attached hydrogen (secondary N) is 1. The fourth-order valence-electron chi connectivity index (χ4n) is 3.18. The number of ether oxygens (including phenoxy) is 1. The first-order valence-electron chi connectivity index (χ1n) is 9.57. The molecule has 150 valence electrons. The Hall–Kier alpha value is -3.92. The van der Waals surface area contributed by atoms with E-state index < -0.39 is 0 Å². The van der Waals surface area contributed by atoms with Crippen LogP contribution in [0.5, 0.6) is 0 Å². The van der Waals surface area contributed by atoms with Crippen molar-refractivity contribution in [3.05, 3.63) is 60.7 Å². The molecule has 0 spiro atoms. The number of pyridine rings is 2. The molecule has 1 aliphatic rings. The average molecular weight is 401 g/mol. The van der Waals surface area contributed by atoms with Gasteiger partial charge in [0, 0.05) is 55.1 Å². The molecule has 0 aliphatic carbocycles. The van der Waals surface area contributed by atoms with Crippen LogP contribution in [-0.2, 0) is 4.74 Å². The van der Waals surface area contributed by atoms with Crippen LogP contribution in [0.1, 0.15) is 5.56 Å². The summed E-state index contributed by atoms with van der Waals surface area (Å²) in [6.45, 7) is 2.86. The molecule has 4 aromatic heterocycles. The lowest BCUT2D eigenvalue weighted by Crippen LogP contribution is -2.37. The predicted molar refractivity (Wildman–Crippen MR) is 112 cm³/mol. The third-order valence-electron chi connectivity index (χ3n) is 4.64. The molecule has 0 amide bonds. The summed E-state index contributed by atoms with van der Waals surface area (Å²) in [6.07, 6.45) is 8.59. The lowest BCUT2D eigenvalue weighted by atomic mass is 10.3. The summed E-state index contributed by atoms with van der Waals surface area (Å²) in [4.78, 5) is 19.5. The van der Waals surface area contributed by atoms with Crippen molar-refractivity contribution >= 4 is 23.6 Å². The molecule has 4 aromatic rings. The molecule has 10 nitrogen and oxygen atoms in total. The number of nitrogens with zero attached hydrogens (tertiary/aromatic N) is 8. The van der Waals surface area contributed by atoms with Gasteiger partial charge in [0.2, 0.25) is 0 Å². The Labute approximate surface area is 172 Å². The molecule has 1 aliphatic heterocycles.